The third kappa shape index (κ3) is 3.91. The fraction of sp³-hybridized carbons (Fsp3) is 0.333. The molecule has 0 spiro atoms. The molecule has 86 valence electrons. The van der Waals surface area contributed by atoms with Crippen LogP contribution in [0.1, 0.15) is 6.92 Å². The molecular weight excluding hydrogens is 212 g/mol. The second-order valence-electron chi connectivity index (χ2n) is 3.20. The van der Waals surface area contributed by atoms with Crippen LogP contribution in [0.4, 0.5) is 10.5 Å². The van der Waals surface area contributed by atoms with Crippen LogP contribution in [0.3, 0.4) is 0 Å². The second kappa shape index (κ2) is 5.64. The first-order chi connectivity index (χ1) is 7.59. The van der Waals surface area contributed by atoms with Crippen LogP contribution in [0.15, 0.2) is 18.7 Å². The number of nitrogens with zero attached hydrogens (tertiary/aromatic N) is 2. The molecule has 1 unspecified atom stereocenters. The van der Waals surface area contributed by atoms with Crippen LogP contribution in [0.25, 0.3) is 0 Å². The van der Waals surface area contributed by atoms with Gasteiger partial charge in [0, 0.05) is 6.54 Å². The van der Waals surface area contributed by atoms with E-state index >= 15 is 0 Å². The van der Waals surface area contributed by atoms with Crippen LogP contribution in [0.5, 0.6) is 0 Å². The number of anilines is 1. The van der Waals surface area contributed by atoms with Crippen LogP contribution >= 0.6 is 0 Å². The minimum Gasteiger partial charge on any atom is -0.481 e. The lowest BCUT2D eigenvalue weighted by atomic mass is 10.2. The van der Waals surface area contributed by atoms with Crippen molar-refractivity contribution in [1.29, 1.82) is 0 Å². The molecule has 1 atom stereocenters. The van der Waals surface area contributed by atoms with Crippen LogP contribution in [-0.4, -0.2) is 33.6 Å². The number of aliphatic carboxylic acids is 1. The van der Waals surface area contributed by atoms with Gasteiger partial charge in [-0.25, -0.2) is 14.8 Å². The highest BCUT2D eigenvalue weighted by Gasteiger charge is 2.11. The van der Waals surface area contributed by atoms with Crippen LogP contribution in [-0.2, 0) is 4.79 Å². The minimum absolute atomic E-state index is 0.0643. The maximum absolute atomic E-state index is 11.3. The summed E-state index contributed by atoms with van der Waals surface area (Å²) < 4.78 is 0. The topological polar surface area (TPSA) is 104 Å². The van der Waals surface area contributed by atoms with Crippen LogP contribution in [0, 0.1) is 5.92 Å². The molecule has 0 saturated heterocycles. The van der Waals surface area contributed by atoms with E-state index in [1.807, 2.05) is 0 Å². The van der Waals surface area contributed by atoms with Gasteiger partial charge in [0.05, 0.1) is 24.0 Å². The Bertz CT molecular complexity index is 368. The van der Waals surface area contributed by atoms with Gasteiger partial charge in [-0.15, -0.1) is 0 Å². The zero-order valence-electron chi connectivity index (χ0n) is 8.67. The van der Waals surface area contributed by atoms with E-state index in [2.05, 4.69) is 20.6 Å². The maximum Gasteiger partial charge on any atom is 0.319 e. The Balaban J connectivity index is 2.35. The lowest BCUT2D eigenvalue weighted by Crippen LogP contribution is -2.34. The number of urea groups is 1. The summed E-state index contributed by atoms with van der Waals surface area (Å²) in [4.78, 5) is 29.2. The Hall–Kier alpha value is -2.18. The number of carbonyl (C=O) groups is 2. The van der Waals surface area contributed by atoms with Crippen LogP contribution < -0.4 is 10.6 Å². The van der Waals surface area contributed by atoms with Crippen molar-refractivity contribution < 1.29 is 14.7 Å². The molecule has 7 heteroatoms. The van der Waals surface area contributed by atoms with E-state index in [1.165, 1.54) is 25.6 Å². The quantitative estimate of drug-likeness (QED) is 0.683. The van der Waals surface area contributed by atoms with Gasteiger partial charge >= 0.3 is 12.0 Å². The molecule has 7 nitrogen and oxygen atoms in total. The molecule has 0 fully saturated rings. The van der Waals surface area contributed by atoms with Crippen molar-refractivity contribution in [3.8, 4) is 0 Å². The first-order valence-electron chi connectivity index (χ1n) is 4.62. The number of carboxylic acids is 1. The van der Waals surface area contributed by atoms with Gasteiger partial charge in [-0.1, -0.05) is 6.92 Å². The van der Waals surface area contributed by atoms with Gasteiger partial charge < -0.3 is 15.7 Å². The molecule has 1 aromatic rings. The monoisotopic (exact) mass is 224 g/mol. The highest BCUT2D eigenvalue weighted by Crippen LogP contribution is 1.99. The number of hydrogen-bond donors (Lipinski definition) is 3. The number of nitrogens with one attached hydrogen (secondary N) is 2. The van der Waals surface area contributed by atoms with E-state index in [0.29, 0.717) is 5.69 Å². The molecule has 16 heavy (non-hydrogen) atoms. The number of amides is 2. The molecule has 0 aliphatic heterocycles. The molecule has 1 aromatic heterocycles. The summed E-state index contributed by atoms with van der Waals surface area (Å²) in [6.07, 6.45) is 4.22. The van der Waals surface area contributed by atoms with E-state index < -0.39 is 17.9 Å². The Morgan fingerprint density at radius 1 is 1.44 bits per heavy atom. The summed E-state index contributed by atoms with van der Waals surface area (Å²) in [5, 5.41) is 13.5. The summed E-state index contributed by atoms with van der Waals surface area (Å²) in [6.45, 7) is 1.57. The molecule has 0 radical (unpaired) electrons. The minimum atomic E-state index is -0.955. The third-order valence-corrected chi connectivity index (χ3v) is 1.81. The van der Waals surface area contributed by atoms with Crippen molar-refractivity contribution in [2.75, 3.05) is 11.9 Å². The zero-order valence-corrected chi connectivity index (χ0v) is 8.67. The van der Waals surface area contributed by atoms with Gasteiger partial charge in [-0.3, -0.25) is 4.79 Å². The van der Waals surface area contributed by atoms with Crippen molar-refractivity contribution >= 4 is 17.7 Å². The van der Waals surface area contributed by atoms with Crippen molar-refractivity contribution in [3.05, 3.63) is 18.7 Å². The molecule has 2 amide bonds. The Labute approximate surface area is 91.9 Å². The average Bonchev–Trinajstić information content (AvgIpc) is 2.27. The third-order valence-electron chi connectivity index (χ3n) is 1.81. The summed E-state index contributed by atoms with van der Waals surface area (Å²) in [5.74, 6) is -1.58. The van der Waals surface area contributed by atoms with Crippen molar-refractivity contribution in [2.24, 2.45) is 5.92 Å². The van der Waals surface area contributed by atoms with Crippen molar-refractivity contribution in [2.45, 2.75) is 6.92 Å². The molecule has 0 bridgehead atoms. The average molecular weight is 224 g/mol. The lowest BCUT2D eigenvalue weighted by molar-refractivity contribution is -0.140. The number of carbonyl (C=O) groups excluding carboxylic acids is 1. The van der Waals surface area contributed by atoms with Gasteiger partial charge in [0.15, 0.2) is 0 Å². The summed E-state index contributed by atoms with van der Waals surface area (Å²) in [6, 6.07) is -0.483. The molecule has 1 rings (SSSR count). The van der Waals surface area contributed by atoms with E-state index in [0.717, 1.165) is 0 Å². The van der Waals surface area contributed by atoms with E-state index in [4.69, 9.17) is 5.11 Å². The van der Waals surface area contributed by atoms with E-state index in [-0.39, 0.29) is 6.54 Å². The smallest absolute Gasteiger partial charge is 0.319 e. The fourth-order valence-electron chi connectivity index (χ4n) is 0.872. The second-order valence-corrected chi connectivity index (χ2v) is 3.20. The van der Waals surface area contributed by atoms with E-state index in [9.17, 15) is 9.59 Å². The van der Waals surface area contributed by atoms with Gasteiger partial charge in [-0.05, 0) is 0 Å². The number of hydrogen-bond acceptors (Lipinski definition) is 4. The zero-order chi connectivity index (χ0) is 12.0. The molecule has 1 heterocycles. The van der Waals surface area contributed by atoms with Gasteiger partial charge in [0.25, 0.3) is 0 Å². The Morgan fingerprint density at radius 3 is 2.62 bits per heavy atom. The predicted octanol–water partition coefficient (Wildman–Crippen LogP) is 0.319. The standard InChI is InChI=1S/C9H12N4O3/c1-6(8(14)15)2-12-9(16)13-7-3-10-5-11-4-7/h3-6H,2H2,1H3,(H,14,15)(H2,12,13,16). The first kappa shape index (κ1) is 11.9. The highest BCUT2D eigenvalue weighted by atomic mass is 16.4. The number of aromatic nitrogens is 2. The van der Waals surface area contributed by atoms with Crippen molar-refractivity contribution in [1.82, 2.24) is 15.3 Å². The summed E-state index contributed by atoms with van der Waals surface area (Å²) in [5.41, 5.74) is 0.447. The van der Waals surface area contributed by atoms with Crippen LogP contribution in [0.2, 0.25) is 0 Å². The molecule has 3 N–H and O–H groups in total. The number of rotatable bonds is 4. The highest BCUT2D eigenvalue weighted by molar-refractivity contribution is 5.89. The summed E-state index contributed by atoms with van der Waals surface area (Å²) in [7, 11) is 0. The van der Waals surface area contributed by atoms with Gasteiger partial charge in [0.2, 0.25) is 0 Å². The fourth-order valence-corrected chi connectivity index (χ4v) is 0.872. The Kier molecular flexibility index (Phi) is 4.19. The SMILES string of the molecule is CC(CNC(=O)Nc1cncnc1)C(=O)O. The first-order valence-corrected chi connectivity index (χ1v) is 4.62. The lowest BCUT2D eigenvalue weighted by Gasteiger charge is -2.09. The predicted molar refractivity (Wildman–Crippen MR) is 55.9 cm³/mol. The number of carboxylic acid groups (broad SMARTS) is 1. The van der Waals surface area contributed by atoms with Crippen molar-refractivity contribution in [3.63, 3.8) is 0 Å². The molecular formula is C9H12N4O3. The van der Waals surface area contributed by atoms with Gasteiger partial charge in [0.1, 0.15) is 6.33 Å². The Morgan fingerprint density at radius 2 is 2.06 bits per heavy atom. The normalized spacial score (nSPS) is 11.6. The molecule has 0 saturated carbocycles. The largest absolute Gasteiger partial charge is 0.481 e. The summed E-state index contributed by atoms with van der Waals surface area (Å²) >= 11 is 0. The molecule has 0 aliphatic rings. The van der Waals surface area contributed by atoms with Gasteiger partial charge in [-0.2, -0.15) is 0 Å². The molecule has 0 aliphatic carbocycles. The molecule has 0 aromatic carbocycles. The maximum atomic E-state index is 11.3. The van der Waals surface area contributed by atoms with E-state index in [1.54, 1.807) is 0 Å².